The van der Waals surface area contributed by atoms with Crippen LogP contribution in [0.4, 0.5) is 10.5 Å². The largest absolute Gasteiger partial charge is 0.481 e. The minimum Gasteiger partial charge on any atom is -0.481 e. The predicted octanol–water partition coefficient (Wildman–Crippen LogP) is 3.71. The van der Waals surface area contributed by atoms with Crippen LogP contribution in [0.25, 0.3) is 0 Å². The second-order valence-corrected chi connectivity index (χ2v) is 6.07. The van der Waals surface area contributed by atoms with E-state index in [1.807, 2.05) is 6.92 Å². The first-order valence-electron chi connectivity index (χ1n) is 6.62. The summed E-state index contributed by atoms with van der Waals surface area (Å²) in [5.74, 6) is -0.855. The van der Waals surface area contributed by atoms with Crippen LogP contribution in [0.1, 0.15) is 19.8 Å². The quantitative estimate of drug-likeness (QED) is 0.887. The molecule has 0 aliphatic carbocycles. The molecule has 1 aromatic rings. The Balaban J connectivity index is 2.07. The zero-order valence-corrected chi connectivity index (χ0v) is 13.0. The summed E-state index contributed by atoms with van der Waals surface area (Å²) >= 11 is 11.8. The van der Waals surface area contributed by atoms with Crippen molar-refractivity contribution in [3.63, 3.8) is 0 Å². The van der Waals surface area contributed by atoms with Gasteiger partial charge in [0.2, 0.25) is 0 Å². The van der Waals surface area contributed by atoms with Crippen LogP contribution in [0.15, 0.2) is 18.2 Å². The molecule has 5 nitrogen and oxygen atoms in total. The molecule has 2 amide bonds. The number of benzene rings is 1. The second kappa shape index (κ2) is 6.12. The van der Waals surface area contributed by atoms with Gasteiger partial charge in [0, 0.05) is 28.8 Å². The predicted molar refractivity (Wildman–Crippen MR) is 82.0 cm³/mol. The summed E-state index contributed by atoms with van der Waals surface area (Å²) in [6.45, 7) is 2.45. The second-order valence-electron chi connectivity index (χ2n) is 5.20. The minimum absolute atomic E-state index is 0.207. The van der Waals surface area contributed by atoms with Gasteiger partial charge in [0.15, 0.2) is 0 Å². The first-order chi connectivity index (χ1) is 9.86. The normalized spacial score (nSPS) is 21.4. The Morgan fingerprint density at radius 1 is 1.33 bits per heavy atom. The fraction of sp³-hybridized carbons (Fsp3) is 0.429. The fourth-order valence-corrected chi connectivity index (χ4v) is 3.01. The molecule has 0 bridgehead atoms. The number of amides is 2. The number of carboxylic acid groups (broad SMARTS) is 1. The Morgan fingerprint density at radius 3 is 2.43 bits per heavy atom. The van der Waals surface area contributed by atoms with Gasteiger partial charge >= 0.3 is 12.0 Å². The van der Waals surface area contributed by atoms with E-state index in [0.29, 0.717) is 35.1 Å². The van der Waals surface area contributed by atoms with E-state index in [-0.39, 0.29) is 12.6 Å². The van der Waals surface area contributed by atoms with E-state index in [9.17, 15) is 14.7 Å². The van der Waals surface area contributed by atoms with Gasteiger partial charge in [0.1, 0.15) is 0 Å². The van der Waals surface area contributed by atoms with E-state index in [2.05, 4.69) is 5.32 Å². The van der Waals surface area contributed by atoms with Crippen molar-refractivity contribution in [1.29, 1.82) is 0 Å². The summed E-state index contributed by atoms with van der Waals surface area (Å²) in [4.78, 5) is 25.1. The summed E-state index contributed by atoms with van der Waals surface area (Å²) in [6, 6.07) is 4.41. The molecule has 0 spiro atoms. The lowest BCUT2D eigenvalue weighted by Gasteiger charge is -2.23. The summed E-state index contributed by atoms with van der Waals surface area (Å²) in [5.41, 5.74) is -0.356. The molecule has 1 aliphatic heterocycles. The fourth-order valence-electron chi connectivity index (χ4n) is 2.49. The molecule has 1 aliphatic rings. The maximum Gasteiger partial charge on any atom is 0.321 e. The van der Waals surface area contributed by atoms with Gasteiger partial charge in [-0.15, -0.1) is 0 Å². The van der Waals surface area contributed by atoms with Gasteiger partial charge in [-0.1, -0.05) is 30.1 Å². The van der Waals surface area contributed by atoms with E-state index in [0.717, 1.165) is 0 Å². The van der Waals surface area contributed by atoms with Crippen LogP contribution in [0.3, 0.4) is 0 Å². The first-order valence-corrected chi connectivity index (χ1v) is 7.37. The third-order valence-electron chi connectivity index (χ3n) is 3.89. The molecular formula is C14H16Cl2N2O3. The van der Waals surface area contributed by atoms with E-state index in [1.54, 1.807) is 18.2 Å². The topological polar surface area (TPSA) is 69.6 Å². The molecule has 21 heavy (non-hydrogen) atoms. The van der Waals surface area contributed by atoms with E-state index in [4.69, 9.17) is 23.2 Å². The number of hydrogen-bond donors (Lipinski definition) is 2. The lowest BCUT2D eigenvalue weighted by Crippen LogP contribution is -2.38. The van der Waals surface area contributed by atoms with Crippen molar-refractivity contribution in [3.8, 4) is 0 Å². The Morgan fingerprint density at radius 2 is 1.95 bits per heavy atom. The standard InChI is InChI=1S/C14H16Cl2N2O3/c1-2-14(12(19)20)3-4-18(8-14)13(21)17-11-6-9(15)5-10(16)7-11/h5-7H,2-4,8H2,1H3,(H,17,21)(H,19,20). The molecule has 0 aromatic heterocycles. The number of nitrogens with zero attached hydrogens (tertiary/aromatic N) is 1. The molecule has 1 unspecified atom stereocenters. The number of hydrogen-bond acceptors (Lipinski definition) is 2. The number of urea groups is 1. The zero-order valence-electron chi connectivity index (χ0n) is 11.5. The van der Waals surface area contributed by atoms with Crippen LogP contribution in [0, 0.1) is 5.41 Å². The van der Waals surface area contributed by atoms with Crippen molar-refractivity contribution < 1.29 is 14.7 Å². The number of anilines is 1. The number of nitrogens with one attached hydrogen (secondary N) is 1. The summed E-state index contributed by atoms with van der Waals surface area (Å²) < 4.78 is 0. The summed E-state index contributed by atoms with van der Waals surface area (Å²) in [5, 5.41) is 12.9. The van der Waals surface area contributed by atoms with Crippen LogP contribution in [0.2, 0.25) is 10.0 Å². The Labute approximate surface area is 132 Å². The highest BCUT2D eigenvalue weighted by Gasteiger charge is 2.44. The molecule has 1 heterocycles. The molecule has 0 saturated carbocycles. The zero-order chi connectivity index (χ0) is 15.6. The van der Waals surface area contributed by atoms with Crippen LogP contribution < -0.4 is 5.32 Å². The molecule has 114 valence electrons. The van der Waals surface area contributed by atoms with E-state index >= 15 is 0 Å². The Bertz CT molecular complexity index is 559. The van der Waals surface area contributed by atoms with Crippen molar-refractivity contribution in [3.05, 3.63) is 28.2 Å². The van der Waals surface area contributed by atoms with Crippen LogP contribution in [-0.4, -0.2) is 35.1 Å². The van der Waals surface area contributed by atoms with Gasteiger partial charge in [-0.2, -0.15) is 0 Å². The maximum absolute atomic E-state index is 12.2. The molecule has 1 atom stereocenters. The molecule has 1 aromatic carbocycles. The van der Waals surface area contributed by atoms with Crippen molar-refractivity contribution in [1.82, 2.24) is 4.90 Å². The van der Waals surface area contributed by atoms with Crippen molar-refractivity contribution >= 4 is 40.9 Å². The van der Waals surface area contributed by atoms with Gasteiger partial charge in [0.05, 0.1) is 5.41 Å². The molecule has 1 fully saturated rings. The first kappa shape index (κ1) is 15.9. The van der Waals surface area contributed by atoms with Gasteiger partial charge in [-0.3, -0.25) is 4.79 Å². The number of carboxylic acids is 1. The van der Waals surface area contributed by atoms with Gasteiger partial charge in [-0.05, 0) is 31.0 Å². The van der Waals surface area contributed by atoms with Crippen molar-refractivity contribution in [2.45, 2.75) is 19.8 Å². The number of likely N-dealkylation sites (tertiary alicyclic amines) is 1. The molecule has 0 radical (unpaired) electrons. The van der Waals surface area contributed by atoms with Crippen molar-refractivity contribution in [2.24, 2.45) is 5.41 Å². The lowest BCUT2D eigenvalue weighted by molar-refractivity contribution is -0.148. The SMILES string of the molecule is CCC1(C(=O)O)CCN(C(=O)Nc2cc(Cl)cc(Cl)c2)C1. The third kappa shape index (κ3) is 3.41. The van der Waals surface area contributed by atoms with Crippen LogP contribution in [0.5, 0.6) is 0 Å². The minimum atomic E-state index is -0.855. The highest BCUT2D eigenvalue weighted by molar-refractivity contribution is 6.35. The number of rotatable bonds is 3. The van der Waals surface area contributed by atoms with E-state index < -0.39 is 11.4 Å². The summed E-state index contributed by atoms with van der Waals surface area (Å²) in [6.07, 6.45) is 0.956. The molecule has 7 heteroatoms. The Kier molecular flexibility index (Phi) is 4.64. The molecule has 2 N–H and O–H groups in total. The maximum atomic E-state index is 12.2. The average molecular weight is 331 g/mol. The summed E-state index contributed by atoms with van der Waals surface area (Å²) in [7, 11) is 0. The highest BCUT2D eigenvalue weighted by Crippen LogP contribution is 2.34. The van der Waals surface area contributed by atoms with Crippen LogP contribution >= 0.6 is 23.2 Å². The number of aliphatic carboxylic acids is 1. The average Bonchev–Trinajstić information content (AvgIpc) is 2.83. The van der Waals surface area contributed by atoms with Crippen LogP contribution in [-0.2, 0) is 4.79 Å². The Hall–Kier alpha value is -1.46. The van der Waals surface area contributed by atoms with Crippen molar-refractivity contribution in [2.75, 3.05) is 18.4 Å². The van der Waals surface area contributed by atoms with E-state index in [1.165, 1.54) is 4.90 Å². The molecule has 2 rings (SSSR count). The number of carbonyl (C=O) groups is 2. The molecule has 1 saturated heterocycles. The smallest absolute Gasteiger partial charge is 0.321 e. The van der Waals surface area contributed by atoms with Gasteiger partial charge < -0.3 is 15.3 Å². The van der Waals surface area contributed by atoms with Gasteiger partial charge in [0.25, 0.3) is 0 Å². The number of halogens is 2. The van der Waals surface area contributed by atoms with Gasteiger partial charge in [-0.25, -0.2) is 4.79 Å². The lowest BCUT2D eigenvalue weighted by atomic mass is 9.84. The third-order valence-corrected chi connectivity index (χ3v) is 4.32. The highest BCUT2D eigenvalue weighted by atomic mass is 35.5. The monoisotopic (exact) mass is 330 g/mol. The molecular weight excluding hydrogens is 315 g/mol. The number of carbonyl (C=O) groups excluding carboxylic acids is 1.